The first-order chi connectivity index (χ1) is 15.0. The Morgan fingerprint density at radius 2 is 2.13 bits per heavy atom. The van der Waals surface area contributed by atoms with E-state index in [2.05, 4.69) is 0 Å². The molecule has 0 aliphatic carbocycles. The number of rotatable bonds is 5. The van der Waals surface area contributed by atoms with Crippen molar-refractivity contribution >= 4 is 27.5 Å². The van der Waals surface area contributed by atoms with Gasteiger partial charge in [-0.15, -0.1) is 11.3 Å². The highest BCUT2D eigenvalue weighted by Crippen LogP contribution is 2.32. The molecule has 6 nitrogen and oxygen atoms in total. The van der Waals surface area contributed by atoms with E-state index in [4.69, 9.17) is 9.72 Å². The molecule has 0 saturated heterocycles. The van der Waals surface area contributed by atoms with Crippen molar-refractivity contribution < 1.29 is 9.53 Å². The standard InChI is InChI=1S/C24H29N3O3S/c1-5-26(16(3)17-10-9-11-18(14-17)30-4)24(29)21-15(2)20-22(31-21)25-19-12-7-6-8-13-27(19)23(20)28/h9-11,14,16H,5-8,12-13H2,1-4H3. The predicted octanol–water partition coefficient (Wildman–Crippen LogP) is 4.72. The number of fused-ring (bicyclic) bond motifs is 2. The number of aromatic nitrogens is 2. The normalized spacial score (nSPS) is 14.7. The van der Waals surface area contributed by atoms with E-state index in [9.17, 15) is 9.59 Å². The third-order valence-electron chi connectivity index (χ3n) is 6.25. The molecule has 1 amide bonds. The van der Waals surface area contributed by atoms with Gasteiger partial charge in [0, 0.05) is 19.5 Å². The summed E-state index contributed by atoms with van der Waals surface area (Å²) in [6.07, 6.45) is 3.98. The van der Waals surface area contributed by atoms with Gasteiger partial charge in [0.2, 0.25) is 0 Å². The van der Waals surface area contributed by atoms with E-state index < -0.39 is 0 Å². The number of benzene rings is 1. The molecule has 0 bridgehead atoms. The van der Waals surface area contributed by atoms with E-state index in [1.807, 2.05) is 54.5 Å². The average Bonchev–Trinajstić information content (AvgIpc) is 2.95. The molecule has 0 spiro atoms. The molecule has 3 heterocycles. The Morgan fingerprint density at radius 1 is 1.32 bits per heavy atom. The van der Waals surface area contributed by atoms with E-state index in [0.717, 1.165) is 48.4 Å². The molecule has 1 aliphatic heterocycles. The van der Waals surface area contributed by atoms with Crippen molar-refractivity contribution in [2.45, 2.75) is 59.0 Å². The van der Waals surface area contributed by atoms with Crippen LogP contribution in [0.25, 0.3) is 10.2 Å². The molecule has 2 aromatic heterocycles. The SMILES string of the molecule is CCN(C(=O)c1sc2nc3n(c(=O)c2c1C)CCCCC3)C(C)c1cccc(OC)c1. The smallest absolute Gasteiger partial charge is 0.264 e. The Labute approximate surface area is 186 Å². The molecule has 1 aromatic carbocycles. The van der Waals surface area contributed by atoms with Crippen LogP contribution in [0.3, 0.4) is 0 Å². The molecule has 0 N–H and O–H groups in total. The van der Waals surface area contributed by atoms with Gasteiger partial charge in [-0.1, -0.05) is 18.6 Å². The number of aryl methyl sites for hydroxylation is 2. The summed E-state index contributed by atoms with van der Waals surface area (Å²) < 4.78 is 7.17. The Morgan fingerprint density at radius 3 is 2.87 bits per heavy atom. The zero-order chi connectivity index (χ0) is 22.1. The molecule has 4 rings (SSSR count). The van der Waals surface area contributed by atoms with Crippen molar-refractivity contribution in [2.75, 3.05) is 13.7 Å². The van der Waals surface area contributed by atoms with Crippen LogP contribution in [0.5, 0.6) is 5.75 Å². The van der Waals surface area contributed by atoms with Crippen LogP contribution in [0.15, 0.2) is 29.1 Å². The molecule has 0 fully saturated rings. The highest BCUT2D eigenvalue weighted by molar-refractivity contribution is 7.20. The number of ether oxygens (including phenoxy) is 1. The first-order valence-corrected chi connectivity index (χ1v) is 11.8. The lowest BCUT2D eigenvalue weighted by molar-refractivity contribution is 0.0706. The van der Waals surface area contributed by atoms with Gasteiger partial charge < -0.3 is 9.64 Å². The van der Waals surface area contributed by atoms with Gasteiger partial charge in [0.15, 0.2) is 0 Å². The van der Waals surface area contributed by atoms with Gasteiger partial charge in [-0.05, 0) is 56.9 Å². The summed E-state index contributed by atoms with van der Waals surface area (Å²) in [4.78, 5) is 34.8. The number of carbonyl (C=O) groups is 1. The van der Waals surface area contributed by atoms with E-state index in [1.165, 1.54) is 11.3 Å². The fourth-order valence-corrected chi connectivity index (χ4v) is 5.57. The largest absolute Gasteiger partial charge is 0.497 e. The third kappa shape index (κ3) is 3.87. The quantitative estimate of drug-likeness (QED) is 0.577. The summed E-state index contributed by atoms with van der Waals surface area (Å²) in [7, 11) is 1.64. The summed E-state index contributed by atoms with van der Waals surface area (Å²) in [5.74, 6) is 1.56. The van der Waals surface area contributed by atoms with Crippen molar-refractivity contribution in [2.24, 2.45) is 0 Å². The number of carbonyl (C=O) groups excluding carboxylic acids is 1. The highest BCUT2D eigenvalue weighted by atomic mass is 32.1. The molecule has 0 saturated carbocycles. The summed E-state index contributed by atoms with van der Waals surface area (Å²) >= 11 is 1.35. The Balaban J connectivity index is 1.74. The van der Waals surface area contributed by atoms with Gasteiger partial charge in [0.1, 0.15) is 16.4 Å². The lowest BCUT2D eigenvalue weighted by Gasteiger charge is -2.28. The number of thiophene rings is 1. The molecular weight excluding hydrogens is 410 g/mol. The molecule has 1 aliphatic rings. The summed E-state index contributed by atoms with van der Waals surface area (Å²) in [5, 5.41) is 0.601. The fourth-order valence-electron chi connectivity index (χ4n) is 4.42. The second kappa shape index (κ2) is 8.83. The maximum Gasteiger partial charge on any atom is 0.264 e. The average molecular weight is 440 g/mol. The van der Waals surface area contributed by atoms with Gasteiger partial charge in [-0.3, -0.25) is 14.2 Å². The number of amides is 1. The molecular formula is C24H29N3O3S. The number of hydrogen-bond donors (Lipinski definition) is 0. The van der Waals surface area contributed by atoms with E-state index in [0.29, 0.717) is 28.2 Å². The van der Waals surface area contributed by atoms with E-state index in [-0.39, 0.29) is 17.5 Å². The van der Waals surface area contributed by atoms with Crippen LogP contribution in [-0.2, 0) is 13.0 Å². The molecule has 3 aromatic rings. The van der Waals surface area contributed by atoms with E-state index in [1.54, 1.807) is 7.11 Å². The minimum Gasteiger partial charge on any atom is -0.497 e. The lowest BCUT2D eigenvalue weighted by Crippen LogP contribution is -2.33. The Bertz CT molecular complexity index is 1180. The highest BCUT2D eigenvalue weighted by Gasteiger charge is 2.27. The minimum absolute atomic E-state index is 0.00130. The van der Waals surface area contributed by atoms with Crippen molar-refractivity contribution in [3.8, 4) is 5.75 Å². The molecule has 7 heteroatoms. The van der Waals surface area contributed by atoms with E-state index >= 15 is 0 Å². The van der Waals surface area contributed by atoms with Gasteiger partial charge in [-0.2, -0.15) is 0 Å². The van der Waals surface area contributed by atoms with Crippen LogP contribution in [0, 0.1) is 6.92 Å². The Hall–Kier alpha value is -2.67. The molecule has 31 heavy (non-hydrogen) atoms. The van der Waals surface area contributed by atoms with Crippen LogP contribution in [0.1, 0.15) is 65.8 Å². The maximum atomic E-state index is 13.6. The number of hydrogen-bond acceptors (Lipinski definition) is 5. The van der Waals surface area contributed by atoms with Gasteiger partial charge in [-0.25, -0.2) is 4.98 Å². The maximum absolute atomic E-state index is 13.6. The van der Waals surface area contributed by atoms with Crippen molar-refractivity contribution in [3.63, 3.8) is 0 Å². The monoisotopic (exact) mass is 439 g/mol. The minimum atomic E-state index is -0.122. The molecule has 164 valence electrons. The lowest BCUT2D eigenvalue weighted by atomic mass is 10.1. The van der Waals surface area contributed by atoms with Crippen LogP contribution >= 0.6 is 11.3 Å². The van der Waals surface area contributed by atoms with Crippen LogP contribution in [-0.4, -0.2) is 34.0 Å². The van der Waals surface area contributed by atoms with Crippen LogP contribution in [0.4, 0.5) is 0 Å². The fraction of sp³-hybridized carbons (Fsp3) is 0.458. The second-order valence-electron chi connectivity index (χ2n) is 8.08. The zero-order valence-electron chi connectivity index (χ0n) is 18.6. The first-order valence-electron chi connectivity index (χ1n) is 10.9. The molecule has 1 unspecified atom stereocenters. The number of nitrogens with zero attached hydrogens (tertiary/aromatic N) is 3. The topological polar surface area (TPSA) is 64.4 Å². The summed E-state index contributed by atoms with van der Waals surface area (Å²) in [6.45, 7) is 7.15. The molecule has 0 radical (unpaired) electrons. The summed E-state index contributed by atoms with van der Waals surface area (Å²) in [5.41, 5.74) is 1.76. The van der Waals surface area contributed by atoms with Gasteiger partial charge in [0.25, 0.3) is 11.5 Å². The van der Waals surface area contributed by atoms with Crippen LogP contribution in [0.2, 0.25) is 0 Å². The first kappa shape index (κ1) is 21.6. The summed E-state index contributed by atoms with van der Waals surface area (Å²) in [6, 6.07) is 7.68. The number of methoxy groups -OCH3 is 1. The van der Waals surface area contributed by atoms with Crippen molar-refractivity contribution in [1.29, 1.82) is 0 Å². The Kier molecular flexibility index (Phi) is 6.14. The molecule has 1 atom stereocenters. The van der Waals surface area contributed by atoms with Crippen molar-refractivity contribution in [3.05, 3.63) is 56.4 Å². The second-order valence-corrected chi connectivity index (χ2v) is 9.07. The van der Waals surface area contributed by atoms with Gasteiger partial charge in [0.05, 0.1) is 23.4 Å². The van der Waals surface area contributed by atoms with Crippen LogP contribution < -0.4 is 10.3 Å². The zero-order valence-corrected chi connectivity index (χ0v) is 19.4. The van der Waals surface area contributed by atoms with Gasteiger partial charge >= 0.3 is 0 Å². The third-order valence-corrected chi connectivity index (χ3v) is 7.42. The predicted molar refractivity (Wildman–Crippen MR) is 124 cm³/mol. The van der Waals surface area contributed by atoms with Crippen molar-refractivity contribution in [1.82, 2.24) is 14.5 Å².